The van der Waals surface area contributed by atoms with Crippen molar-refractivity contribution in [3.63, 3.8) is 0 Å². The van der Waals surface area contributed by atoms with Crippen molar-refractivity contribution in [2.75, 3.05) is 33.2 Å². The van der Waals surface area contributed by atoms with Gasteiger partial charge in [0.15, 0.2) is 11.3 Å². The Kier molecular flexibility index (Phi) is 1.30. The number of fused-ring (bicyclic) bond motifs is 1. The number of alkyl halides is 2. The first-order valence-corrected chi connectivity index (χ1v) is 3.83. The summed E-state index contributed by atoms with van der Waals surface area (Å²) in [7, 11) is 1.75. The van der Waals surface area contributed by atoms with E-state index in [9.17, 15) is 8.78 Å². The molecule has 0 bridgehead atoms. The molecule has 1 unspecified atom stereocenters. The number of nitrogens with zero attached hydrogens (tertiary/aromatic N) is 1. The Morgan fingerprint density at radius 2 is 1.64 bits per heavy atom. The monoisotopic (exact) mass is 162 g/mol. The lowest BCUT2D eigenvalue weighted by molar-refractivity contribution is 0.0491. The third-order valence-electron chi connectivity index (χ3n) is 2.65. The number of nitrogens with one attached hydrogen (secondary N) is 1. The molecule has 0 aromatic rings. The minimum Gasteiger partial charge on any atom is -0.310 e. The van der Waals surface area contributed by atoms with Crippen LogP contribution in [0.1, 0.15) is 0 Å². The summed E-state index contributed by atoms with van der Waals surface area (Å²) in [5, 5.41) is 2.75. The molecule has 0 radical (unpaired) electrons. The maximum atomic E-state index is 13.7. The van der Waals surface area contributed by atoms with Crippen LogP contribution in [0.4, 0.5) is 8.78 Å². The Balaban J connectivity index is 2.28. The molecule has 1 N–H and O–H groups in total. The van der Waals surface area contributed by atoms with Gasteiger partial charge in [0.2, 0.25) is 0 Å². The molecule has 2 aliphatic heterocycles. The summed E-state index contributed by atoms with van der Waals surface area (Å²) in [4.78, 5) is 1.71. The van der Waals surface area contributed by atoms with Gasteiger partial charge >= 0.3 is 0 Å². The van der Waals surface area contributed by atoms with E-state index < -0.39 is 11.3 Å². The van der Waals surface area contributed by atoms with Gasteiger partial charge in [-0.2, -0.15) is 0 Å². The summed E-state index contributed by atoms with van der Waals surface area (Å²) in [6.45, 7) is 0.759. The van der Waals surface area contributed by atoms with Crippen molar-refractivity contribution in [3.05, 3.63) is 0 Å². The predicted molar refractivity (Wildman–Crippen MR) is 38.0 cm³/mol. The van der Waals surface area contributed by atoms with E-state index in [0.717, 1.165) is 0 Å². The van der Waals surface area contributed by atoms with Crippen LogP contribution in [0.25, 0.3) is 0 Å². The summed E-state index contributed by atoms with van der Waals surface area (Å²) in [5.74, 6) is 0. The smallest absolute Gasteiger partial charge is 0.172 e. The van der Waals surface area contributed by atoms with Crippen LogP contribution in [0, 0.1) is 0 Å². The Morgan fingerprint density at radius 3 is 2.09 bits per heavy atom. The normalized spacial score (nSPS) is 51.5. The molecule has 64 valence electrons. The van der Waals surface area contributed by atoms with E-state index in [4.69, 9.17) is 0 Å². The van der Waals surface area contributed by atoms with Crippen LogP contribution in [0.3, 0.4) is 0 Å². The zero-order valence-electron chi connectivity index (χ0n) is 6.53. The molecule has 0 amide bonds. The lowest BCUT2D eigenvalue weighted by Gasteiger charge is -2.22. The third-order valence-corrected chi connectivity index (χ3v) is 2.65. The lowest BCUT2D eigenvalue weighted by Crippen LogP contribution is -2.44. The molecule has 0 spiro atoms. The predicted octanol–water partition coefficient (Wildman–Crippen LogP) is -0.0484. The summed E-state index contributed by atoms with van der Waals surface area (Å²) >= 11 is 0. The molecule has 2 fully saturated rings. The first-order chi connectivity index (χ1) is 5.06. The Bertz CT molecular complexity index is 169. The first kappa shape index (κ1) is 7.43. The highest BCUT2D eigenvalue weighted by molar-refractivity contribution is 5.15. The summed E-state index contributed by atoms with van der Waals surface area (Å²) in [5.41, 5.74) is -3.27. The largest absolute Gasteiger partial charge is 0.310 e. The fourth-order valence-corrected chi connectivity index (χ4v) is 2.08. The standard InChI is InChI=1S/C7H12F2N2/c1-11-4-6(8)2-10-3-7(6,9)5-11/h10H,2-5H2,1H3/t6-,7?/m0/s1. The van der Waals surface area contributed by atoms with Gasteiger partial charge in [-0.05, 0) is 7.05 Å². The van der Waals surface area contributed by atoms with Crippen molar-refractivity contribution in [2.45, 2.75) is 11.3 Å². The van der Waals surface area contributed by atoms with Crippen molar-refractivity contribution in [2.24, 2.45) is 0 Å². The molecule has 4 heteroatoms. The van der Waals surface area contributed by atoms with E-state index in [2.05, 4.69) is 5.32 Å². The number of halogens is 2. The Hall–Kier alpha value is -0.220. The molecule has 0 saturated carbocycles. The van der Waals surface area contributed by atoms with Crippen molar-refractivity contribution in [1.29, 1.82) is 0 Å². The molecular weight excluding hydrogens is 150 g/mol. The lowest BCUT2D eigenvalue weighted by atomic mass is 9.94. The van der Waals surface area contributed by atoms with Gasteiger partial charge in [0.1, 0.15) is 0 Å². The van der Waals surface area contributed by atoms with Crippen LogP contribution in [-0.4, -0.2) is 49.5 Å². The zero-order valence-corrected chi connectivity index (χ0v) is 6.53. The van der Waals surface area contributed by atoms with Crippen molar-refractivity contribution in [1.82, 2.24) is 10.2 Å². The van der Waals surface area contributed by atoms with Crippen molar-refractivity contribution >= 4 is 0 Å². The van der Waals surface area contributed by atoms with Gasteiger partial charge in [0, 0.05) is 26.2 Å². The average Bonchev–Trinajstić information content (AvgIpc) is 2.16. The second-order valence-corrected chi connectivity index (χ2v) is 3.71. The van der Waals surface area contributed by atoms with Gasteiger partial charge in [-0.3, -0.25) is 4.90 Å². The molecule has 2 atom stereocenters. The van der Waals surface area contributed by atoms with Crippen molar-refractivity contribution < 1.29 is 8.78 Å². The molecule has 2 aliphatic rings. The highest BCUT2D eigenvalue weighted by Crippen LogP contribution is 2.40. The number of hydrogen-bond acceptors (Lipinski definition) is 2. The van der Waals surface area contributed by atoms with Gasteiger partial charge in [-0.25, -0.2) is 8.78 Å². The Labute approximate surface area is 64.6 Å². The van der Waals surface area contributed by atoms with E-state index in [0.29, 0.717) is 0 Å². The molecule has 0 aromatic heterocycles. The average molecular weight is 162 g/mol. The maximum Gasteiger partial charge on any atom is 0.172 e. The van der Waals surface area contributed by atoms with Gasteiger partial charge in [-0.15, -0.1) is 0 Å². The van der Waals surface area contributed by atoms with Crippen LogP contribution in [0.5, 0.6) is 0 Å². The molecule has 2 heterocycles. The fraction of sp³-hybridized carbons (Fsp3) is 1.00. The number of hydrogen-bond donors (Lipinski definition) is 1. The number of rotatable bonds is 0. The first-order valence-electron chi connectivity index (χ1n) is 3.83. The highest BCUT2D eigenvalue weighted by Gasteiger charge is 2.62. The molecular formula is C7H12F2N2. The highest BCUT2D eigenvalue weighted by atomic mass is 19.2. The fourth-order valence-electron chi connectivity index (χ4n) is 2.08. The SMILES string of the molecule is CN1CC2(F)CNC[C@]2(F)C1. The molecule has 2 rings (SSSR count). The zero-order chi connectivity index (χ0) is 8.11. The van der Waals surface area contributed by atoms with Gasteiger partial charge in [0.05, 0.1) is 0 Å². The van der Waals surface area contributed by atoms with Crippen LogP contribution in [-0.2, 0) is 0 Å². The van der Waals surface area contributed by atoms with Gasteiger partial charge < -0.3 is 5.32 Å². The molecule has 0 aromatic carbocycles. The quantitative estimate of drug-likeness (QED) is 0.537. The molecule has 2 saturated heterocycles. The van der Waals surface area contributed by atoms with Gasteiger partial charge in [0.25, 0.3) is 0 Å². The van der Waals surface area contributed by atoms with Crippen LogP contribution in [0.2, 0.25) is 0 Å². The number of likely N-dealkylation sites (tertiary alicyclic amines) is 1. The summed E-state index contributed by atoms with van der Waals surface area (Å²) in [6, 6.07) is 0. The summed E-state index contributed by atoms with van der Waals surface area (Å²) in [6.07, 6.45) is 0. The van der Waals surface area contributed by atoms with Gasteiger partial charge in [-0.1, -0.05) is 0 Å². The minimum atomic E-state index is -1.64. The van der Waals surface area contributed by atoms with E-state index in [1.807, 2.05) is 0 Å². The second-order valence-electron chi connectivity index (χ2n) is 3.71. The topological polar surface area (TPSA) is 15.3 Å². The van der Waals surface area contributed by atoms with Crippen LogP contribution >= 0.6 is 0 Å². The third kappa shape index (κ3) is 0.825. The van der Waals surface area contributed by atoms with Crippen molar-refractivity contribution in [3.8, 4) is 0 Å². The van der Waals surface area contributed by atoms with Crippen LogP contribution < -0.4 is 5.32 Å². The molecule has 2 nitrogen and oxygen atoms in total. The Morgan fingerprint density at radius 1 is 1.18 bits per heavy atom. The van der Waals surface area contributed by atoms with E-state index in [1.165, 1.54) is 0 Å². The molecule has 11 heavy (non-hydrogen) atoms. The van der Waals surface area contributed by atoms with E-state index >= 15 is 0 Å². The summed E-state index contributed by atoms with van der Waals surface area (Å²) < 4.78 is 27.3. The van der Waals surface area contributed by atoms with E-state index in [1.54, 1.807) is 11.9 Å². The minimum absolute atomic E-state index is 0.161. The van der Waals surface area contributed by atoms with Crippen LogP contribution in [0.15, 0.2) is 0 Å². The second kappa shape index (κ2) is 1.93. The maximum absolute atomic E-state index is 13.7. The molecule has 0 aliphatic carbocycles. The van der Waals surface area contributed by atoms with E-state index in [-0.39, 0.29) is 26.2 Å².